The lowest BCUT2D eigenvalue weighted by Crippen LogP contribution is -2.43. The summed E-state index contributed by atoms with van der Waals surface area (Å²) in [6.45, 7) is 5.07. The molecule has 1 saturated heterocycles. The van der Waals surface area contributed by atoms with Crippen LogP contribution in [0.2, 0.25) is 0 Å². The van der Waals surface area contributed by atoms with Crippen LogP contribution in [0.4, 0.5) is 0 Å². The van der Waals surface area contributed by atoms with Gasteiger partial charge in [0.25, 0.3) is 0 Å². The minimum Gasteiger partial charge on any atom is -0.339 e. The fourth-order valence-electron chi connectivity index (χ4n) is 4.47. The second-order valence-electron chi connectivity index (χ2n) is 7.10. The van der Waals surface area contributed by atoms with Crippen LogP contribution in [0.1, 0.15) is 57.8 Å². The number of hydrogen-bond donors (Lipinski definition) is 0. The number of hydrogen-bond acceptors (Lipinski definition) is 2. The number of likely N-dealkylation sites (tertiary alicyclic amines) is 1. The van der Waals surface area contributed by atoms with Crippen LogP contribution >= 0.6 is 0 Å². The fourth-order valence-corrected chi connectivity index (χ4v) is 4.47. The summed E-state index contributed by atoms with van der Waals surface area (Å²) in [6, 6.07) is 0.755. The molecule has 2 amide bonds. The van der Waals surface area contributed by atoms with E-state index in [1.807, 2.05) is 15.9 Å². The molecule has 4 heteroatoms. The van der Waals surface area contributed by atoms with E-state index in [0.29, 0.717) is 31.6 Å². The smallest absolute Gasteiger partial charge is 0.228 e. The highest BCUT2D eigenvalue weighted by atomic mass is 16.2. The molecule has 2 saturated carbocycles. The summed E-state index contributed by atoms with van der Waals surface area (Å²) in [5.74, 6) is 0.240. The Morgan fingerprint density at radius 1 is 1.18 bits per heavy atom. The van der Waals surface area contributed by atoms with Gasteiger partial charge in [-0.2, -0.15) is 0 Å². The Morgan fingerprint density at radius 2 is 1.82 bits per heavy atom. The highest BCUT2D eigenvalue weighted by Crippen LogP contribution is 2.32. The van der Waals surface area contributed by atoms with Gasteiger partial charge in [0.15, 0.2) is 0 Å². The zero-order valence-electron chi connectivity index (χ0n) is 13.5. The Hall–Kier alpha value is -1.32. The van der Waals surface area contributed by atoms with Crippen molar-refractivity contribution in [2.75, 3.05) is 13.1 Å². The largest absolute Gasteiger partial charge is 0.339 e. The first kappa shape index (κ1) is 15.6. The van der Waals surface area contributed by atoms with Crippen LogP contribution in [0.25, 0.3) is 0 Å². The first-order valence-electron chi connectivity index (χ1n) is 8.91. The van der Waals surface area contributed by atoms with Gasteiger partial charge < -0.3 is 9.80 Å². The van der Waals surface area contributed by atoms with E-state index in [-0.39, 0.29) is 17.7 Å². The summed E-state index contributed by atoms with van der Waals surface area (Å²) in [5, 5.41) is 0. The third-order valence-electron chi connectivity index (χ3n) is 5.65. The Kier molecular flexibility index (Phi) is 4.84. The van der Waals surface area contributed by atoms with Crippen molar-refractivity contribution in [1.29, 1.82) is 0 Å². The molecule has 0 spiro atoms. The minimum atomic E-state index is -0.131. The lowest BCUT2D eigenvalue weighted by Gasteiger charge is -2.30. The molecule has 3 rings (SSSR count). The van der Waals surface area contributed by atoms with E-state index in [2.05, 4.69) is 6.58 Å². The summed E-state index contributed by atoms with van der Waals surface area (Å²) >= 11 is 0. The fraction of sp³-hybridized carbons (Fsp3) is 0.778. The maximum Gasteiger partial charge on any atom is 0.228 e. The predicted octanol–water partition coefficient (Wildman–Crippen LogP) is 2.73. The van der Waals surface area contributed by atoms with Gasteiger partial charge in [0.1, 0.15) is 0 Å². The average Bonchev–Trinajstić information content (AvgIpc) is 3.24. The van der Waals surface area contributed by atoms with E-state index < -0.39 is 0 Å². The van der Waals surface area contributed by atoms with Gasteiger partial charge in [-0.1, -0.05) is 31.8 Å². The highest BCUT2D eigenvalue weighted by molar-refractivity contribution is 5.89. The first-order chi connectivity index (χ1) is 10.7. The molecule has 1 heterocycles. The van der Waals surface area contributed by atoms with Crippen molar-refractivity contribution >= 4 is 11.8 Å². The summed E-state index contributed by atoms with van der Waals surface area (Å²) < 4.78 is 0. The normalized spacial score (nSPS) is 26.8. The van der Waals surface area contributed by atoms with Gasteiger partial charge in [0.2, 0.25) is 11.8 Å². The molecule has 1 aliphatic heterocycles. The predicted molar refractivity (Wildman–Crippen MR) is 86.2 cm³/mol. The number of rotatable bonds is 5. The maximum atomic E-state index is 12.9. The van der Waals surface area contributed by atoms with E-state index in [4.69, 9.17) is 0 Å². The third kappa shape index (κ3) is 3.06. The Balaban J connectivity index is 1.65. The van der Waals surface area contributed by atoms with Crippen LogP contribution in [0, 0.1) is 5.92 Å². The molecule has 0 radical (unpaired) electrons. The number of carbonyl (C=O) groups excluding carboxylic acids is 2. The van der Waals surface area contributed by atoms with E-state index in [1.54, 1.807) is 0 Å². The molecule has 4 nitrogen and oxygen atoms in total. The van der Waals surface area contributed by atoms with Crippen molar-refractivity contribution in [2.24, 2.45) is 5.92 Å². The summed E-state index contributed by atoms with van der Waals surface area (Å²) in [5.41, 5.74) is 0. The molecule has 22 heavy (non-hydrogen) atoms. The average molecular weight is 304 g/mol. The zero-order chi connectivity index (χ0) is 15.5. The Morgan fingerprint density at radius 3 is 2.45 bits per heavy atom. The van der Waals surface area contributed by atoms with E-state index in [0.717, 1.165) is 25.7 Å². The Labute approximate surface area is 133 Å². The molecular weight excluding hydrogens is 276 g/mol. The molecule has 3 fully saturated rings. The molecule has 3 aliphatic rings. The van der Waals surface area contributed by atoms with E-state index >= 15 is 0 Å². The van der Waals surface area contributed by atoms with Gasteiger partial charge in [0.05, 0.1) is 5.92 Å². The van der Waals surface area contributed by atoms with Crippen molar-refractivity contribution in [1.82, 2.24) is 9.80 Å². The molecule has 0 aromatic heterocycles. The number of amides is 2. The van der Waals surface area contributed by atoms with Crippen LogP contribution in [0.5, 0.6) is 0 Å². The third-order valence-corrected chi connectivity index (χ3v) is 5.65. The maximum absolute atomic E-state index is 12.9. The van der Waals surface area contributed by atoms with Gasteiger partial charge in [-0.25, -0.2) is 0 Å². The molecule has 1 atom stereocenters. The molecule has 0 unspecified atom stereocenters. The molecule has 0 bridgehead atoms. The van der Waals surface area contributed by atoms with Gasteiger partial charge >= 0.3 is 0 Å². The summed E-state index contributed by atoms with van der Waals surface area (Å²) in [7, 11) is 0. The topological polar surface area (TPSA) is 40.6 Å². The lowest BCUT2D eigenvalue weighted by atomic mass is 10.0. The quantitative estimate of drug-likeness (QED) is 0.733. The van der Waals surface area contributed by atoms with Crippen LogP contribution in [-0.2, 0) is 9.59 Å². The standard InChI is InChI=1S/C18H28N2O2/c1-2-11-19(15-7-3-4-8-15)18(22)14-12-17(21)20(13-14)16-9-5-6-10-16/h2,14-16H,1,3-13H2/t14-/m0/s1. The van der Waals surface area contributed by atoms with Gasteiger partial charge in [-0.15, -0.1) is 6.58 Å². The van der Waals surface area contributed by atoms with Crippen LogP contribution < -0.4 is 0 Å². The molecule has 0 N–H and O–H groups in total. The van der Waals surface area contributed by atoms with Crippen molar-refractivity contribution < 1.29 is 9.59 Å². The van der Waals surface area contributed by atoms with Gasteiger partial charge in [-0.3, -0.25) is 9.59 Å². The molecule has 2 aliphatic carbocycles. The molecular formula is C18H28N2O2. The second-order valence-corrected chi connectivity index (χ2v) is 7.10. The first-order valence-corrected chi connectivity index (χ1v) is 8.91. The SMILES string of the molecule is C=CCN(C(=O)[C@H]1CC(=O)N(C2CCCC2)C1)C1CCCC1. The van der Waals surface area contributed by atoms with Crippen molar-refractivity contribution in [3.8, 4) is 0 Å². The Bertz CT molecular complexity index is 436. The number of nitrogens with zero attached hydrogens (tertiary/aromatic N) is 2. The zero-order valence-corrected chi connectivity index (χ0v) is 13.5. The lowest BCUT2D eigenvalue weighted by molar-refractivity contribution is -0.137. The summed E-state index contributed by atoms with van der Waals surface area (Å²) in [6.07, 6.45) is 11.5. The molecule has 122 valence electrons. The summed E-state index contributed by atoms with van der Waals surface area (Å²) in [4.78, 5) is 29.2. The van der Waals surface area contributed by atoms with Crippen molar-refractivity contribution in [2.45, 2.75) is 69.9 Å². The van der Waals surface area contributed by atoms with Crippen molar-refractivity contribution in [3.05, 3.63) is 12.7 Å². The van der Waals surface area contributed by atoms with E-state index in [9.17, 15) is 9.59 Å². The van der Waals surface area contributed by atoms with Crippen LogP contribution in [-0.4, -0.2) is 46.8 Å². The number of carbonyl (C=O) groups is 2. The monoisotopic (exact) mass is 304 g/mol. The second kappa shape index (κ2) is 6.84. The van der Waals surface area contributed by atoms with Crippen LogP contribution in [0.3, 0.4) is 0 Å². The van der Waals surface area contributed by atoms with Gasteiger partial charge in [-0.05, 0) is 25.7 Å². The molecule has 0 aromatic carbocycles. The van der Waals surface area contributed by atoms with E-state index in [1.165, 1.54) is 25.7 Å². The highest BCUT2D eigenvalue weighted by Gasteiger charge is 2.41. The molecule has 0 aromatic rings. The minimum absolute atomic E-state index is 0.131. The van der Waals surface area contributed by atoms with Crippen molar-refractivity contribution in [3.63, 3.8) is 0 Å². The van der Waals surface area contributed by atoms with Gasteiger partial charge in [0, 0.05) is 31.6 Å². The van der Waals surface area contributed by atoms with Crippen LogP contribution in [0.15, 0.2) is 12.7 Å².